The topological polar surface area (TPSA) is 42.2 Å². The summed E-state index contributed by atoms with van der Waals surface area (Å²) in [6, 6.07) is 3.33. The fourth-order valence-corrected chi connectivity index (χ4v) is 2.05. The average Bonchev–Trinajstić information content (AvgIpc) is 2.70. The summed E-state index contributed by atoms with van der Waals surface area (Å²) in [5.41, 5.74) is -0.302. The minimum atomic E-state index is -0.302. The lowest BCUT2D eigenvalue weighted by atomic mass is 10.1. The van der Waals surface area contributed by atoms with E-state index in [1.165, 1.54) is 6.26 Å². The van der Waals surface area contributed by atoms with Gasteiger partial charge in [0.15, 0.2) is 5.76 Å². The molecule has 1 amide bonds. The molecule has 14 heavy (non-hydrogen) atoms. The van der Waals surface area contributed by atoms with Crippen LogP contribution in [0.15, 0.2) is 22.8 Å². The zero-order chi connectivity index (χ0) is 10.6. The van der Waals surface area contributed by atoms with E-state index >= 15 is 0 Å². The van der Waals surface area contributed by atoms with Crippen LogP contribution in [0.2, 0.25) is 0 Å². The fourth-order valence-electron chi connectivity index (χ4n) is 0.846. The molecular weight excluding hydrogens is 314 g/mol. The lowest BCUT2D eigenvalue weighted by Gasteiger charge is -2.25. The molecule has 0 bridgehead atoms. The van der Waals surface area contributed by atoms with Gasteiger partial charge in [-0.1, -0.05) is 31.9 Å². The van der Waals surface area contributed by atoms with Crippen LogP contribution < -0.4 is 5.32 Å². The molecule has 0 aromatic carbocycles. The first kappa shape index (κ1) is 11.8. The van der Waals surface area contributed by atoms with Gasteiger partial charge in [0.2, 0.25) is 0 Å². The number of nitrogens with one attached hydrogen (secondary N) is 1. The number of hydrogen-bond donors (Lipinski definition) is 1. The predicted molar refractivity (Wildman–Crippen MR) is 62.2 cm³/mol. The third kappa shape index (κ3) is 2.85. The van der Waals surface area contributed by atoms with Crippen LogP contribution in [-0.2, 0) is 0 Å². The SMILES string of the molecule is CC(CBr)(CBr)NC(=O)c1ccco1. The number of halogens is 2. The van der Waals surface area contributed by atoms with E-state index in [0.717, 1.165) is 0 Å². The minimum absolute atomic E-state index is 0.198. The minimum Gasteiger partial charge on any atom is -0.459 e. The number of furan rings is 1. The van der Waals surface area contributed by atoms with Gasteiger partial charge < -0.3 is 9.73 Å². The molecule has 0 atom stereocenters. The first-order valence-electron chi connectivity index (χ1n) is 4.09. The Hall–Kier alpha value is -0.290. The van der Waals surface area contributed by atoms with Crippen LogP contribution >= 0.6 is 31.9 Å². The summed E-state index contributed by atoms with van der Waals surface area (Å²) in [7, 11) is 0. The van der Waals surface area contributed by atoms with Crippen molar-refractivity contribution in [2.24, 2.45) is 0 Å². The molecule has 0 radical (unpaired) electrons. The summed E-state index contributed by atoms with van der Waals surface area (Å²) in [5.74, 6) is 0.134. The predicted octanol–water partition coefficient (Wildman–Crippen LogP) is 2.56. The monoisotopic (exact) mass is 323 g/mol. The van der Waals surface area contributed by atoms with Crippen LogP contribution in [0.4, 0.5) is 0 Å². The van der Waals surface area contributed by atoms with Gasteiger partial charge in [-0.2, -0.15) is 0 Å². The Balaban J connectivity index is 2.65. The second kappa shape index (κ2) is 4.98. The van der Waals surface area contributed by atoms with Gasteiger partial charge in [0.05, 0.1) is 11.8 Å². The zero-order valence-electron chi connectivity index (χ0n) is 7.72. The highest BCUT2D eigenvalue weighted by Gasteiger charge is 2.25. The van der Waals surface area contributed by atoms with E-state index in [9.17, 15) is 4.79 Å². The van der Waals surface area contributed by atoms with Crippen molar-refractivity contribution in [1.29, 1.82) is 0 Å². The van der Waals surface area contributed by atoms with Crippen molar-refractivity contribution in [2.45, 2.75) is 12.5 Å². The highest BCUT2D eigenvalue weighted by Crippen LogP contribution is 2.12. The third-order valence-electron chi connectivity index (χ3n) is 1.75. The summed E-state index contributed by atoms with van der Waals surface area (Å²) in [6.07, 6.45) is 1.48. The Morgan fingerprint density at radius 1 is 1.57 bits per heavy atom. The number of carbonyl (C=O) groups is 1. The maximum absolute atomic E-state index is 11.6. The van der Waals surface area contributed by atoms with Gasteiger partial charge in [-0.15, -0.1) is 0 Å². The molecular formula is C9H11Br2NO2. The average molecular weight is 325 g/mol. The Kier molecular flexibility index (Phi) is 4.19. The maximum Gasteiger partial charge on any atom is 0.287 e. The molecule has 1 heterocycles. The van der Waals surface area contributed by atoms with Gasteiger partial charge in [0.1, 0.15) is 0 Å². The molecule has 0 spiro atoms. The Labute approximate surface area is 99.5 Å². The van der Waals surface area contributed by atoms with E-state index in [-0.39, 0.29) is 11.4 Å². The van der Waals surface area contributed by atoms with Gasteiger partial charge in [0.25, 0.3) is 5.91 Å². The van der Waals surface area contributed by atoms with E-state index in [4.69, 9.17) is 4.42 Å². The molecule has 1 aromatic rings. The summed E-state index contributed by atoms with van der Waals surface area (Å²) in [4.78, 5) is 11.6. The third-order valence-corrected chi connectivity index (χ3v) is 4.23. The number of carbonyl (C=O) groups excluding carboxylic acids is 1. The Morgan fingerprint density at radius 2 is 2.21 bits per heavy atom. The maximum atomic E-state index is 11.6. The Bertz CT molecular complexity index is 294. The van der Waals surface area contributed by atoms with Gasteiger partial charge in [-0.05, 0) is 19.1 Å². The molecule has 0 saturated heterocycles. The molecule has 0 saturated carbocycles. The van der Waals surface area contributed by atoms with Gasteiger partial charge in [-0.3, -0.25) is 4.79 Å². The summed E-state index contributed by atoms with van der Waals surface area (Å²) in [5, 5.41) is 4.23. The summed E-state index contributed by atoms with van der Waals surface area (Å²) < 4.78 is 4.99. The van der Waals surface area contributed by atoms with E-state index in [2.05, 4.69) is 37.2 Å². The largest absolute Gasteiger partial charge is 0.459 e. The van der Waals surface area contributed by atoms with Gasteiger partial charge in [0, 0.05) is 10.7 Å². The van der Waals surface area contributed by atoms with E-state index < -0.39 is 0 Å². The van der Waals surface area contributed by atoms with Crippen LogP contribution in [0, 0.1) is 0 Å². The van der Waals surface area contributed by atoms with Crippen molar-refractivity contribution in [3.8, 4) is 0 Å². The molecule has 0 unspecified atom stereocenters. The normalized spacial score (nSPS) is 11.4. The van der Waals surface area contributed by atoms with E-state index in [1.54, 1.807) is 12.1 Å². The number of rotatable bonds is 4. The molecule has 5 heteroatoms. The fraction of sp³-hybridized carbons (Fsp3) is 0.444. The van der Waals surface area contributed by atoms with Gasteiger partial charge >= 0.3 is 0 Å². The van der Waals surface area contributed by atoms with E-state index in [1.807, 2.05) is 6.92 Å². The quantitative estimate of drug-likeness (QED) is 0.865. The number of hydrogen-bond acceptors (Lipinski definition) is 2. The lowest BCUT2D eigenvalue weighted by molar-refractivity contribution is 0.0894. The molecule has 0 fully saturated rings. The smallest absolute Gasteiger partial charge is 0.287 e. The molecule has 0 aliphatic rings. The van der Waals surface area contributed by atoms with Crippen molar-refractivity contribution in [1.82, 2.24) is 5.32 Å². The Morgan fingerprint density at radius 3 is 2.64 bits per heavy atom. The van der Waals surface area contributed by atoms with Crippen LogP contribution in [-0.4, -0.2) is 22.1 Å². The van der Waals surface area contributed by atoms with Crippen molar-refractivity contribution in [3.05, 3.63) is 24.2 Å². The highest BCUT2D eigenvalue weighted by molar-refractivity contribution is 9.09. The molecule has 1 N–H and O–H groups in total. The van der Waals surface area contributed by atoms with Crippen molar-refractivity contribution in [2.75, 3.05) is 10.7 Å². The van der Waals surface area contributed by atoms with Crippen LogP contribution in [0.3, 0.4) is 0 Å². The highest BCUT2D eigenvalue weighted by atomic mass is 79.9. The number of alkyl halides is 2. The summed E-state index contributed by atoms with van der Waals surface area (Å²) in [6.45, 7) is 1.94. The standard InChI is InChI=1S/C9H11Br2NO2/c1-9(5-10,6-11)12-8(13)7-3-2-4-14-7/h2-4H,5-6H2,1H3,(H,12,13). The lowest BCUT2D eigenvalue weighted by Crippen LogP contribution is -2.48. The van der Waals surface area contributed by atoms with Crippen molar-refractivity contribution < 1.29 is 9.21 Å². The first-order chi connectivity index (χ1) is 6.61. The van der Waals surface area contributed by atoms with Gasteiger partial charge in [-0.25, -0.2) is 0 Å². The van der Waals surface area contributed by atoms with Crippen molar-refractivity contribution >= 4 is 37.8 Å². The molecule has 78 valence electrons. The number of amides is 1. The molecule has 0 aliphatic heterocycles. The molecule has 1 rings (SSSR count). The summed E-state index contributed by atoms with van der Waals surface area (Å²) >= 11 is 6.70. The van der Waals surface area contributed by atoms with Crippen LogP contribution in [0.5, 0.6) is 0 Å². The molecule has 0 aliphatic carbocycles. The molecule has 3 nitrogen and oxygen atoms in total. The molecule has 1 aromatic heterocycles. The van der Waals surface area contributed by atoms with Crippen molar-refractivity contribution in [3.63, 3.8) is 0 Å². The van der Waals surface area contributed by atoms with Crippen LogP contribution in [0.25, 0.3) is 0 Å². The second-order valence-electron chi connectivity index (χ2n) is 3.26. The second-order valence-corrected chi connectivity index (χ2v) is 4.38. The van der Waals surface area contributed by atoms with E-state index in [0.29, 0.717) is 16.4 Å². The van der Waals surface area contributed by atoms with Crippen LogP contribution in [0.1, 0.15) is 17.5 Å². The zero-order valence-corrected chi connectivity index (χ0v) is 10.9. The first-order valence-corrected chi connectivity index (χ1v) is 6.33.